The molecule has 0 unspecified atom stereocenters. The van der Waals surface area contributed by atoms with Crippen LogP contribution in [0.15, 0.2) is 63.9 Å². The molecule has 0 atom stereocenters. The lowest BCUT2D eigenvalue weighted by Crippen LogP contribution is -2.28. The smallest absolute Gasteiger partial charge is 0.338 e. The highest BCUT2D eigenvalue weighted by Gasteiger charge is 2.28. The number of hydrogen-bond donors (Lipinski definition) is 1. The Morgan fingerprint density at radius 3 is 2.71 bits per heavy atom. The normalized spacial score (nSPS) is 14.4. The fourth-order valence-electron chi connectivity index (χ4n) is 3.10. The van der Waals surface area contributed by atoms with Crippen LogP contribution in [-0.2, 0) is 14.8 Å². The lowest BCUT2D eigenvalue weighted by atomic mass is 10.1. The third-order valence-corrected chi connectivity index (χ3v) is 5.66. The second-order valence-electron chi connectivity index (χ2n) is 6.30. The molecule has 0 radical (unpaired) electrons. The summed E-state index contributed by atoms with van der Waals surface area (Å²) >= 11 is 0. The second kappa shape index (κ2) is 7.05. The third kappa shape index (κ3) is 3.34. The monoisotopic (exact) mass is 395 g/mol. The van der Waals surface area contributed by atoms with Crippen LogP contribution in [0.2, 0.25) is 0 Å². The maximum atomic E-state index is 12.5. The molecule has 0 saturated carbocycles. The van der Waals surface area contributed by atoms with E-state index in [1.54, 1.807) is 24.3 Å². The number of benzene rings is 2. The highest BCUT2D eigenvalue weighted by atomic mass is 32.2. The van der Waals surface area contributed by atoms with Crippen molar-refractivity contribution in [2.24, 2.45) is 4.40 Å². The number of sulfonamides is 1. The van der Waals surface area contributed by atoms with Crippen molar-refractivity contribution in [1.29, 1.82) is 0 Å². The summed E-state index contributed by atoms with van der Waals surface area (Å²) in [4.78, 5) is 17.1. The number of amidine groups is 1. The molecule has 7 nitrogen and oxygen atoms in total. The number of nitrogens with zero attached hydrogens (tertiary/aromatic N) is 2. The van der Waals surface area contributed by atoms with E-state index >= 15 is 0 Å². The number of aryl methyl sites for hydroxylation is 1. The molecule has 142 valence electrons. The number of para-hydroxylation sites is 1. The summed E-state index contributed by atoms with van der Waals surface area (Å²) in [5, 5.41) is 3.66. The second-order valence-corrected chi connectivity index (χ2v) is 7.87. The Labute approximate surface area is 162 Å². The number of fused-ring (bicyclic) bond motifs is 2. The van der Waals surface area contributed by atoms with E-state index in [0.717, 1.165) is 16.6 Å². The maximum Gasteiger partial charge on any atom is 0.338 e. The fourth-order valence-corrected chi connectivity index (χ4v) is 4.30. The molecular formula is C20H17N3O4S. The van der Waals surface area contributed by atoms with Crippen LogP contribution < -0.4 is 5.32 Å². The first-order valence-electron chi connectivity index (χ1n) is 8.67. The zero-order chi connectivity index (χ0) is 19.7. The van der Waals surface area contributed by atoms with E-state index in [4.69, 9.17) is 4.74 Å². The van der Waals surface area contributed by atoms with Gasteiger partial charge in [0.1, 0.15) is 17.3 Å². The van der Waals surface area contributed by atoms with Crippen LogP contribution in [0.3, 0.4) is 0 Å². The van der Waals surface area contributed by atoms with Crippen LogP contribution in [0.1, 0.15) is 21.6 Å². The molecule has 1 aliphatic rings. The molecule has 0 spiro atoms. The minimum absolute atomic E-state index is 0.0652. The highest BCUT2D eigenvalue weighted by molar-refractivity contribution is 7.90. The van der Waals surface area contributed by atoms with E-state index in [-0.39, 0.29) is 23.9 Å². The van der Waals surface area contributed by atoms with Gasteiger partial charge in [-0.05, 0) is 31.2 Å². The lowest BCUT2D eigenvalue weighted by Gasteiger charge is -2.10. The van der Waals surface area contributed by atoms with Gasteiger partial charge in [-0.1, -0.05) is 30.3 Å². The van der Waals surface area contributed by atoms with Crippen LogP contribution in [0.25, 0.3) is 10.9 Å². The summed E-state index contributed by atoms with van der Waals surface area (Å²) in [7, 11) is -3.67. The quantitative estimate of drug-likeness (QED) is 0.538. The number of aromatic nitrogens is 1. The minimum Gasteiger partial charge on any atom is -0.460 e. The number of carbonyl (C=O) groups is 1. The molecule has 1 aliphatic heterocycles. The highest BCUT2D eigenvalue weighted by Crippen LogP contribution is 2.24. The van der Waals surface area contributed by atoms with Gasteiger partial charge in [0.2, 0.25) is 0 Å². The van der Waals surface area contributed by atoms with Gasteiger partial charge in [0, 0.05) is 16.6 Å². The predicted molar refractivity (Wildman–Crippen MR) is 105 cm³/mol. The fraction of sp³-hybridized carbons (Fsp3) is 0.150. The van der Waals surface area contributed by atoms with Gasteiger partial charge >= 0.3 is 5.97 Å². The van der Waals surface area contributed by atoms with Gasteiger partial charge in [-0.15, -0.1) is 4.40 Å². The topological polar surface area (TPSA) is 97.7 Å². The van der Waals surface area contributed by atoms with Crippen LogP contribution in [0.4, 0.5) is 0 Å². The number of hydrogen-bond acceptors (Lipinski definition) is 6. The first kappa shape index (κ1) is 18.1. The van der Waals surface area contributed by atoms with E-state index in [0.29, 0.717) is 11.1 Å². The number of pyridine rings is 1. The molecular weight excluding hydrogens is 378 g/mol. The average molecular weight is 395 g/mol. The number of rotatable bonds is 4. The Kier molecular flexibility index (Phi) is 4.56. The van der Waals surface area contributed by atoms with Gasteiger partial charge in [-0.2, -0.15) is 8.42 Å². The maximum absolute atomic E-state index is 12.5. The van der Waals surface area contributed by atoms with Crippen molar-refractivity contribution >= 4 is 32.7 Å². The van der Waals surface area contributed by atoms with Crippen LogP contribution in [0, 0.1) is 6.92 Å². The van der Waals surface area contributed by atoms with Crippen LogP contribution in [-0.4, -0.2) is 38.4 Å². The van der Waals surface area contributed by atoms with E-state index in [1.807, 2.05) is 31.2 Å². The Morgan fingerprint density at radius 1 is 1.11 bits per heavy atom. The first-order chi connectivity index (χ1) is 13.5. The third-order valence-electron chi connectivity index (χ3n) is 4.32. The van der Waals surface area contributed by atoms with Gasteiger partial charge in [-0.3, -0.25) is 4.98 Å². The number of esters is 1. The van der Waals surface area contributed by atoms with Crippen LogP contribution in [0.5, 0.6) is 0 Å². The largest absolute Gasteiger partial charge is 0.460 e. The van der Waals surface area contributed by atoms with Crippen molar-refractivity contribution in [3.8, 4) is 0 Å². The molecule has 3 aromatic rings. The van der Waals surface area contributed by atoms with E-state index < -0.39 is 16.0 Å². The summed E-state index contributed by atoms with van der Waals surface area (Å²) in [5.41, 5.74) is 2.43. The molecule has 0 bridgehead atoms. The number of ether oxygens (including phenoxy) is 1. The lowest BCUT2D eigenvalue weighted by molar-refractivity contribution is 0.0515. The Morgan fingerprint density at radius 2 is 1.86 bits per heavy atom. The summed E-state index contributed by atoms with van der Waals surface area (Å²) < 4.78 is 33.2. The zero-order valence-corrected chi connectivity index (χ0v) is 15.9. The van der Waals surface area contributed by atoms with Gasteiger partial charge < -0.3 is 10.1 Å². The molecule has 0 saturated heterocycles. The van der Waals surface area contributed by atoms with Crippen molar-refractivity contribution in [2.45, 2.75) is 11.8 Å². The standard InChI is InChI=1S/C20H17N3O4S/c1-13-12-16(14-6-2-4-8-17(14)22-13)20(24)27-11-10-21-19-15-7-3-5-9-18(15)28(25,26)23-19/h2-9,12H,10-11H2,1H3,(H,21,23). The molecule has 0 amide bonds. The summed E-state index contributed by atoms with van der Waals surface area (Å²) in [5.74, 6) is -0.193. The molecule has 2 heterocycles. The molecule has 0 aliphatic carbocycles. The molecule has 1 aromatic heterocycles. The number of carbonyl (C=O) groups excluding carboxylic acids is 1. The Bertz CT molecular complexity index is 1220. The summed E-state index contributed by atoms with van der Waals surface area (Å²) in [6.07, 6.45) is 0. The first-order valence-corrected chi connectivity index (χ1v) is 10.1. The molecule has 0 fully saturated rings. The van der Waals surface area contributed by atoms with Crippen molar-refractivity contribution in [3.05, 3.63) is 71.4 Å². The van der Waals surface area contributed by atoms with Gasteiger partial charge in [0.15, 0.2) is 0 Å². The molecule has 1 N–H and O–H groups in total. The average Bonchev–Trinajstić information content (AvgIpc) is 2.95. The van der Waals surface area contributed by atoms with E-state index in [9.17, 15) is 13.2 Å². The number of nitrogens with one attached hydrogen (secondary N) is 1. The predicted octanol–water partition coefficient (Wildman–Crippen LogP) is 2.44. The van der Waals surface area contributed by atoms with Crippen LogP contribution >= 0.6 is 0 Å². The SMILES string of the molecule is Cc1cc(C(=O)OCCNC2=NS(=O)(=O)c3ccccc32)c2ccccc2n1. The molecule has 2 aromatic carbocycles. The zero-order valence-electron chi connectivity index (χ0n) is 15.0. The molecule has 8 heteroatoms. The van der Waals surface area contributed by atoms with Crippen molar-refractivity contribution < 1.29 is 17.9 Å². The van der Waals surface area contributed by atoms with E-state index in [1.165, 1.54) is 6.07 Å². The summed E-state index contributed by atoms with van der Waals surface area (Å²) in [6, 6.07) is 15.7. The van der Waals surface area contributed by atoms with Crippen molar-refractivity contribution in [2.75, 3.05) is 13.2 Å². The van der Waals surface area contributed by atoms with Crippen molar-refractivity contribution in [3.63, 3.8) is 0 Å². The van der Waals surface area contributed by atoms with Gasteiger partial charge in [0.25, 0.3) is 10.0 Å². The summed E-state index contributed by atoms with van der Waals surface area (Å²) in [6.45, 7) is 2.12. The Balaban J connectivity index is 1.43. The van der Waals surface area contributed by atoms with Gasteiger partial charge in [-0.25, -0.2) is 4.79 Å². The molecule has 4 rings (SSSR count). The Hall–Kier alpha value is -3.26. The van der Waals surface area contributed by atoms with Gasteiger partial charge in [0.05, 0.1) is 17.6 Å². The van der Waals surface area contributed by atoms with Crippen molar-refractivity contribution in [1.82, 2.24) is 10.3 Å². The molecule has 28 heavy (non-hydrogen) atoms. The van der Waals surface area contributed by atoms with E-state index in [2.05, 4.69) is 14.7 Å². The minimum atomic E-state index is -3.67.